The minimum absolute atomic E-state index is 0.231. The SMILES string of the molecule is CCOC(=O)N1CCN(C(=NC)NCCn2ccnc2)CC1. The zero-order valence-electron chi connectivity index (χ0n) is 13.2. The first-order valence-corrected chi connectivity index (χ1v) is 7.57. The maximum Gasteiger partial charge on any atom is 0.409 e. The van der Waals surface area contributed by atoms with Gasteiger partial charge in [-0.05, 0) is 6.92 Å². The number of carbonyl (C=O) groups is 1. The average molecular weight is 308 g/mol. The van der Waals surface area contributed by atoms with Crippen LogP contribution in [0, 0.1) is 0 Å². The van der Waals surface area contributed by atoms with Crippen molar-refractivity contribution in [1.82, 2.24) is 24.7 Å². The molecule has 2 heterocycles. The number of hydrogen-bond acceptors (Lipinski definition) is 4. The van der Waals surface area contributed by atoms with Crippen LogP contribution in [0.15, 0.2) is 23.7 Å². The van der Waals surface area contributed by atoms with Gasteiger partial charge in [-0.1, -0.05) is 0 Å². The van der Waals surface area contributed by atoms with Crippen LogP contribution in [0.1, 0.15) is 6.92 Å². The van der Waals surface area contributed by atoms with Crippen LogP contribution in [0.25, 0.3) is 0 Å². The minimum atomic E-state index is -0.231. The molecule has 0 unspecified atom stereocenters. The summed E-state index contributed by atoms with van der Waals surface area (Å²) in [6, 6.07) is 0. The number of ether oxygens (including phenoxy) is 1. The summed E-state index contributed by atoms with van der Waals surface area (Å²) in [5.74, 6) is 0.864. The van der Waals surface area contributed by atoms with Gasteiger partial charge in [0.15, 0.2) is 5.96 Å². The van der Waals surface area contributed by atoms with E-state index in [9.17, 15) is 4.79 Å². The molecule has 0 saturated carbocycles. The molecule has 0 bridgehead atoms. The molecule has 22 heavy (non-hydrogen) atoms. The molecule has 0 aromatic carbocycles. The van der Waals surface area contributed by atoms with Crippen LogP contribution in [0.5, 0.6) is 0 Å². The lowest BCUT2D eigenvalue weighted by atomic mass is 10.3. The van der Waals surface area contributed by atoms with Crippen molar-refractivity contribution in [3.8, 4) is 0 Å². The van der Waals surface area contributed by atoms with E-state index in [2.05, 4.69) is 20.2 Å². The molecular formula is C14H24N6O2. The van der Waals surface area contributed by atoms with E-state index in [1.54, 1.807) is 24.5 Å². The maximum atomic E-state index is 11.7. The number of amides is 1. The summed E-state index contributed by atoms with van der Waals surface area (Å²) in [6.07, 6.45) is 5.26. The molecule has 8 nitrogen and oxygen atoms in total. The lowest BCUT2D eigenvalue weighted by Gasteiger charge is -2.35. The molecule has 0 aliphatic carbocycles. The number of nitrogens with one attached hydrogen (secondary N) is 1. The third-order valence-corrected chi connectivity index (χ3v) is 3.53. The van der Waals surface area contributed by atoms with Crippen molar-refractivity contribution in [2.24, 2.45) is 4.99 Å². The Hall–Kier alpha value is -2.25. The van der Waals surface area contributed by atoms with Crippen LogP contribution in [0.2, 0.25) is 0 Å². The number of imidazole rings is 1. The van der Waals surface area contributed by atoms with Gasteiger partial charge in [-0.2, -0.15) is 0 Å². The number of piperazine rings is 1. The van der Waals surface area contributed by atoms with Gasteiger partial charge in [0.1, 0.15) is 0 Å². The van der Waals surface area contributed by atoms with Crippen LogP contribution < -0.4 is 5.32 Å². The van der Waals surface area contributed by atoms with Crippen molar-refractivity contribution in [2.75, 3.05) is 46.4 Å². The van der Waals surface area contributed by atoms with Gasteiger partial charge in [0.05, 0.1) is 12.9 Å². The van der Waals surface area contributed by atoms with Crippen molar-refractivity contribution >= 4 is 12.1 Å². The molecule has 2 rings (SSSR count). The fraction of sp³-hybridized carbons (Fsp3) is 0.643. The van der Waals surface area contributed by atoms with Gasteiger partial charge in [-0.25, -0.2) is 9.78 Å². The minimum Gasteiger partial charge on any atom is -0.450 e. The molecular weight excluding hydrogens is 284 g/mol. The van der Waals surface area contributed by atoms with Crippen molar-refractivity contribution in [3.05, 3.63) is 18.7 Å². The first-order valence-electron chi connectivity index (χ1n) is 7.57. The fourth-order valence-electron chi connectivity index (χ4n) is 2.36. The Labute approximate surface area is 130 Å². The summed E-state index contributed by atoms with van der Waals surface area (Å²) in [5, 5.41) is 3.34. The second-order valence-corrected chi connectivity index (χ2v) is 4.95. The normalized spacial score (nSPS) is 15.8. The largest absolute Gasteiger partial charge is 0.450 e. The number of rotatable bonds is 4. The Morgan fingerprint density at radius 3 is 2.64 bits per heavy atom. The van der Waals surface area contributed by atoms with Gasteiger partial charge in [0.2, 0.25) is 0 Å². The summed E-state index contributed by atoms with van der Waals surface area (Å²) >= 11 is 0. The molecule has 1 aromatic rings. The third-order valence-electron chi connectivity index (χ3n) is 3.53. The first kappa shape index (κ1) is 16.1. The topological polar surface area (TPSA) is 75.0 Å². The molecule has 8 heteroatoms. The van der Waals surface area contributed by atoms with Crippen molar-refractivity contribution < 1.29 is 9.53 Å². The Bertz CT molecular complexity index is 480. The van der Waals surface area contributed by atoms with E-state index in [-0.39, 0.29) is 6.09 Å². The molecule has 1 saturated heterocycles. The zero-order chi connectivity index (χ0) is 15.8. The molecule has 0 radical (unpaired) electrons. The Morgan fingerprint density at radius 2 is 2.05 bits per heavy atom. The molecule has 1 aliphatic rings. The Balaban J connectivity index is 1.74. The number of aromatic nitrogens is 2. The summed E-state index contributed by atoms with van der Waals surface area (Å²) in [4.78, 5) is 23.9. The van der Waals surface area contributed by atoms with Gasteiger partial charge in [-0.3, -0.25) is 4.99 Å². The Kier molecular flexibility index (Phi) is 6.05. The van der Waals surface area contributed by atoms with E-state index in [1.807, 2.05) is 17.7 Å². The van der Waals surface area contributed by atoms with Gasteiger partial charge in [0, 0.05) is 58.7 Å². The highest BCUT2D eigenvalue weighted by atomic mass is 16.6. The average Bonchev–Trinajstić information content (AvgIpc) is 3.05. The smallest absolute Gasteiger partial charge is 0.409 e. The number of aliphatic imine (C=N–C) groups is 1. The second kappa shape index (κ2) is 8.26. The molecule has 1 N–H and O–H groups in total. The highest BCUT2D eigenvalue weighted by Crippen LogP contribution is 2.04. The van der Waals surface area contributed by atoms with E-state index in [0.717, 1.165) is 32.1 Å². The summed E-state index contributed by atoms with van der Waals surface area (Å²) < 4.78 is 7.04. The second-order valence-electron chi connectivity index (χ2n) is 4.95. The van der Waals surface area contributed by atoms with Gasteiger partial charge >= 0.3 is 6.09 Å². The predicted octanol–water partition coefficient (Wildman–Crippen LogP) is 0.233. The van der Waals surface area contributed by atoms with Crippen LogP contribution in [0.3, 0.4) is 0 Å². The molecule has 1 fully saturated rings. The third kappa shape index (κ3) is 4.37. The lowest BCUT2D eigenvalue weighted by molar-refractivity contribution is 0.0914. The lowest BCUT2D eigenvalue weighted by Crippen LogP contribution is -2.54. The van der Waals surface area contributed by atoms with E-state index >= 15 is 0 Å². The van der Waals surface area contributed by atoms with Gasteiger partial charge in [0.25, 0.3) is 0 Å². The van der Waals surface area contributed by atoms with Crippen LogP contribution in [0.4, 0.5) is 4.79 Å². The predicted molar refractivity (Wildman–Crippen MR) is 83.8 cm³/mol. The standard InChI is InChI=1S/C14H24N6O2/c1-3-22-14(21)20-10-8-19(9-11-20)13(15-2)17-5-7-18-6-4-16-12-18/h4,6,12H,3,5,7-11H2,1-2H3,(H,15,17). The van der Waals surface area contributed by atoms with Crippen LogP contribution in [-0.4, -0.2) is 77.8 Å². The van der Waals surface area contributed by atoms with E-state index in [0.29, 0.717) is 19.7 Å². The van der Waals surface area contributed by atoms with E-state index in [1.165, 1.54) is 0 Å². The number of hydrogen-bond donors (Lipinski definition) is 1. The van der Waals surface area contributed by atoms with Gasteiger partial charge < -0.3 is 24.4 Å². The van der Waals surface area contributed by atoms with Crippen molar-refractivity contribution in [1.29, 1.82) is 0 Å². The monoisotopic (exact) mass is 308 g/mol. The van der Waals surface area contributed by atoms with Crippen LogP contribution >= 0.6 is 0 Å². The fourth-order valence-corrected chi connectivity index (χ4v) is 2.36. The quantitative estimate of drug-likeness (QED) is 0.637. The zero-order valence-corrected chi connectivity index (χ0v) is 13.2. The van der Waals surface area contributed by atoms with Gasteiger partial charge in [-0.15, -0.1) is 0 Å². The van der Waals surface area contributed by atoms with Crippen molar-refractivity contribution in [2.45, 2.75) is 13.5 Å². The molecule has 1 aliphatic heterocycles. The molecule has 122 valence electrons. The summed E-state index contributed by atoms with van der Waals surface area (Å²) in [7, 11) is 1.78. The maximum absolute atomic E-state index is 11.7. The highest BCUT2D eigenvalue weighted by Gasteiger charge is 2.23. The molecule has 0 atom stereocenters. The van der Waals surface area contributed by atoms with E-state index in [4.69, 9.17) is 4.74 Å². The molecule has 0 spiro atoms. The number of guanidine groups is 1. The summed E-state index contributed by atoms with van der Waals surface area (Å²) in [6.45, 7) is 6.66. The summed E-state index contributed by atoms with van der Waals surface area (Å²) in [5.41, 5.74) is 0. The van der Waals surface area contributed by atoms with Crippen molar-refractivity contribution in [3.63, 3.8) is 0 Å². The van der Waals surface area contributed by atoms with E-state index < -0.39 is 0 Å². The first-order chi connectivity index (χ1) is 10.7. The highest BCUT2D eigenvalue weighted by molar-refractivity contribution is 5.80. The molecule has 1 amide bonds. The number of carbonyl (C=O) groups excluding carboxylic acids is 1. The Morgan fingerprint density at radius 1 is 1.32 bits per heavy atom. The molecule has 1 aromatic heterocycles. The van der Waals surface area contributed by atoms with Crippen LogP contribution in [-0.2, 0) is 11.3 Å². The number of nitrogens with zero attached hydrogens (tertiary/aromatic N) is 5.